The minimum atomic E-state index is -1.72. The standard InChI is InChI=1S/C34H54O14/c1-17-9-12-26(36)45-19(3)21(16-43-33-31(42-8)30(41-7)27(37)20(4)46-33)29-23(47-29)10-11-25(35)34(5,39)14-13-22(17)48-32-28(38)24(40-6)15-18(2)44-32/h9-12,17-24,27-33,37-39H,13-16H2,1-8H3/b11-10+,12-9+/t17-,18+,19+,20+,21+,22-,23-,24-,27+,28+,29+,30+,31+,32-,33+,34-/m0/s1. The van der Waals surface area contributed by atoms with E-state index in [0.717, 1.165) is 0 Å². The fourth-order valence-electron chi connectivity index (χ4n) is 6.53. The molecule has 4 aliphatic rings. The van der Waals surface area contributed by atoms with Crippen molar-refractivity contribution in [2.24, 2.45) is 11.8 Å². The lowest BCUT2D eigenvalue weighted by Gasteiger charge is -2.42. The summed E-state index contributed by atoms with van der Waals surface area (Å²) in [5.74, 6) is -2.00. The Morgan fingerprint density at radius 2 is 1.56 bits per heavy atom. The average Bonchev–Trinajstić information content (AvgIpc) is 3.81. The molecular weight excluding hydrogens is 632 g/mol. The lowest BCUT2D eigenvalue weighted by molar-refractivity contribution is -0.305. The predicted molar refractivity (Wildman–Crippen MR) is 169 cm³/mol. The van der Waals surface area contributed by atoms with Gasteiger partial charge in [-0.25, -0.2) is 4.79 Å². The number of carbonyl (C=O) groups is 2. The Morgan fingerprint density at radius 3 is 2.23 bits per heavy atom. The first-order chi connectivity index (χ1) is 22.7. The minimum absolute atomic E-state index is 0.0273. The van der Waals surface area contributed by atoms with Gasteiger partial charge in [-0.2, -0.15) is 0 Å². The highest BCUT2D eigenvalue weighted by Gasteiger charge is 2.49. The first-order valence-electron chi connectivity index (χ1n) is 16.7. The molecular formula is C34H54O14. The second-order valence-corrected chi connectivity index (χ2v) is 13.5. The number of rotatable bonds is 8. The van der Waals surface area contributed by atoms with Crippen LogP contribution in [-0.4, -0.2) is 140 Å². The van der Waals surface area contributed by atoms with E-state index in [1.165, 1.54) is 40.4 Å². The van der Waals surface area contributed by atoms with Gasteiger partial charge in [-0.15, -0.1) is 0 Å². The van der Waals surface area contributed by atoms with E-state index in [9.17, 15) is 24.9 Å². The van der Waals surface area contributed by atoms with Gasteiger partial charge in [0, 0.05) is 45.7 Å². The molecule has 0 unspecified atom stereocenters. The fraction of sp³-hybridized carbons (Fsp3) is 0.824. The molecule has 14 nitrogen and oxygen atoms in total. The van der Waals surface area contributed by atoms with E-state index >= 15 is 0 Å². The van der Waals surface area contributed by atoms with Crippen molar-refractivity contribution in [3.05, 3.63) is 24.3 Å². The molecule has 48 heavy (non-hydrogen) atoms. The first-order valence-corrected chi connectivity index (χ1v) is 16.7. The normalized spacial score (nSPS) is 47.5. The van der Waals surface area contributed by atoms with E-state index < -0.39 is 103 Å². The van der Waals surface area contributed by atoms with Crippen LogP contribution in [-0.2, 0) is 52.2 Å². The number of hydrogen-bond acceptors (Lipinski definition) is 14. The van der Waals surface area contributed by atoms with E-state index in [1.807, 2.05) is 13.8 Å². The van der Waals surface area contributed by atoms with Crippen molar-refractivity contribution in [3.8, 4) is 0 Å². The van der Waals surface area contributed by atoms with Crippen molar-refractivity contribution >= 4 is 11.8 Å². The van der Waals surface area contributed by atoms with Gasteiger partial charge in [0.2, 0.25) is 0 Å². The van der Waals surface area contributed by atoms with Crippen molar-refractivity contribution < 1.29 is 67.5 Å². The van der Waals surface area contributed by atoms with E-state index in [1.54, 1.807) is 26.0 Å². The van der Waals surface area contributed by atoms with Crippen LogP contribution in [0.25, 0.3) is 0 Å². The number of epoxide rings is 1. The summed E-state index contributed by atoms with van der Waals surface area (Å²) in [6.07, 6.45) is -2.35. The molecule has 0 bridgehead atoms. The molecule has 4 aliphatic heterocycles. The second kappa shape index (κ2) is 16.9. The third-order valence-corrected chi connectivity index (χ3v) is 9.85. The Labute approximate surface area is 282 Å². The molecule has 4 heterocycles. The third-order valence-electron chi connectivity index (χ3n) is 9.85. The maximum atomic E-state index is 13.2. The lowest BCUT2D eigenvalue weighted by atomic mass is 9.89. The maximum Gasteiger partial charge on any atom is 0.330 e. The summed E-state index contributed by atoms with van der Waals surface area (Å²) in [5, 5.41) is 32.5. The predicted octanol–water partition coefficient (Wildman–Crippen LogP) is 1.21. The number of cyclic esters (lactones) is 1. The summed E-state index contributed by atoms with van der Waals surface area (Å²) < 4.78 is 52.3. The summed E-state index contributed by atoms with van der Waals surface area (Å²) in [7, 11) is 4.45. The molecule has 274 valence electrons. The highest BCUT2D eigenvalue weighted by Crippen LogP contribution is 2.36. The van der Waals surface area contributed by atoms with Crippen LogP contribution in [0.3, 0.4) is 0 Å². The highest BCUT2D eigenvalue weighted by atomic mass is 16.7. The Balaban J connectivity index is 1.53. The largest absolute Gasteiger partial charge is 0.459 e. The van der Waals surface area contributed by atoms with Crippen molar-refractivity contribution in [2.75, 3.05) is 27.9 Å². The molecule has 3 N–H and O–H groups in total. The zero-order valence-corrected chi connectivity index (χ0v) is 29.1. The number of hydrogen-bond donors (Lipinski definition) is 3. The van der Waals surface area contributed by atoms with Crippen LogP contribution in [0.15, 0.2) is 24.3 Å². The third kappa shape index (κ3) is 9.49. The van der Waals surface area contributed by atoms with E-state index in [0.29, 0.717) is 6.42 Å². The zero-order chi connectivity index (χ0) is 35.3. The Bertz CT molecular complexity index is 1130. The smallest absolute Gasteiger partial charge is 0.330 e. The van der Waals surface area contributed by atoms with Gasteiger partial charge in [0.1, 0.15) is 42.2 Å². The van der Waals surface area contributed by atoms with E-state index in [2.05, 4.69) is 0 Å². The molecule has 0 aliphatic carbocycles. The minimum Gasteiger partial charge on any atom is -0.459 e. The quantitative estimate of drug-likeness (QED) is 0.245. The topological polar surface area (TPSA) is 181 Å². The summed E-state index contributed by atoms with van der Waals surface area (Å²) in [6, 6.07) is 0. The van der Waals surface area contributed by atoms with Crippen LogP contribution in [0, 0.1) is 11.8 Å². The van der Waals surface area contributed by atoms with Crippen LogP contribution in [0.5, 0.6) is 0 Å². The number of esters is 1. The first kappa shape index (κ1) is 39.0. The van der Waals surface area contributed by atoms with Gasteiger partial charge in [0.25, 0.3) is 0 Å². The summed E-state index contributed by atoms with van der Waals surface area (Å²) in [4.78, 5) is 26.3. The summed E-state index contributed by atoms with van der Waals surface area (Å²) in [5.41, 5.74) is -1.72. The fourth-order valence-corrected chi connectivity index (χ4v) is 6.53. The van der Waals surface area contributed by atoms with Gasteiger partial charge in [0.15, 0.2) is 18.4 Å². The molecule has 0 saturated carbocycles. The van der Waals surface area contributed by atoms with Gasteiger partial charge in [-0.1, -0.05) is 13.0 Å². The van der Waals surface area contributed by atoms with E-state index in [-0.39, 0.29) is 25.6 Å². The Hall–Kier alpha value is -1.82. The summed E-state index contributed by atoms with van der Waals surface area (Å²) >= 11 is 0. The van der Waals surface area contributed by atoms with Crippen LogP contribution < -0.4 is 0 Å². The monoisotopic (exact) mass is 686 g/mol. The van der Waals surface area contributed by atoms with Gasteiger partial charge < -0.3 is 58.0 Å². The molecule has 3 saturated heterocycles. The molecule has 0 aromatic heterocycles. The molecule has 0 radical (unpaired) electrons. The van der Waals surface area contributed by atoms with Crippen LogP contribution in [0.1, 0.15) is 53.9 Å². The number of carbonyl (C=O) groups excluding carboxylic acids is 2. The number of ketones is 1. The lowest BCUT2D eigenvalue weighted by Crippen LogP contribution is -2.59. The summed E-state index contributed by atoms with van der Waals surface area (Å²) in [6.45, 7) is 8.58. The molecule has 4 rings (SSSR count). The zero-order valence-electron chi connectivity index (χ0n) is 29.1. The van der Waals surface area contributed by atoms with Gasteiger partial charge in [0.05, 0.1) is 37.1 Å². The highest BCUT2D eigenvalue weighted by molar-refractivity contribution is 5.96. The van der Waals surface area contributed by atoms with Crippen LogP contribution in [0.4, 0.5) is 0 Å². The number of ether oxygens (including phenoxy) is 9. The molecule has 16 atom stereocenters. The van der Waals surface area contributed by atoms with Gasteiger partial charge >= 0.3 is 5.97 Å². The number of aliphatic hydroxyl groups excluding tert-OH is 2. The van der Waals surface area contributed by atoms with Crippen LogP contribution in [0.2, 0.25) is 0 Å². The second-order valence-electron chi connectivity index (χ2n) is 13.5. The van der Waals surface area contributed by atoms with Crippen molar-refractivity contribution in [2.45, 2.75) is 139 Å². The molecule has 3 fully saturated rings. The van der Waals surface area contributed by atoms with E-state index in [4.69, 9.17) is 42.6 Å². The molecule has 0 aromatic rings. The van der Waals surface area contributed by atoms with Gasteiger partial charge in [-0.3, -0.25) is 4.79 Å². The van der Waals surface area contributed by atoms with Crippen molar-refractivity contribution in [1.82, 2.24) is 0 Å². The van der Waals surface area contributed by atoms with Crippen molar-refractivity contribution in [1.29, 1.82) is 0 Å². The Morgan fingerprint density at radius 1 is 0.854 bits per heavy atom. The molecule has 14 heteroatoms. The molecule has 0 aromatic carbocycles. The number of methoxy groups -OCH3 is 3. The maximum absolute atomic E-state index is 13.2. The SMILES string of the molecule is CO[C@@H]1[C@H](O)[C@@H](C)O[C@@H](OC[C@H]2[C@H]3O[C@H]3/C=C/C(=O)[C@@](C)(O)CC[C@H](O[C@@H]3O[C@H](C)C[C@H](OC)[C@H]3O)[C@@H](C)/C=C/C(=O)O[C@@H]2C)[C@@H]1OC. The van der Waals surface area contributed by atoms with Gasteiger partial charge in [-0.05, 0) is 52.7 Å². The van der Waals surface area contributed by atoms with Crippen molar-refractivity contribution in [3.63, 3.8) is 0 Å². The van der Waals surface area contributed by atoms with Crippen LogP contribution >= 0.6 is 0 Å². The number of fused-ring (bicyclic) bond motifs is 1. The Kier molecular flexibility index (Phi) is 13.7. The number of aliphatic hydroxyl groups is 3. The molecule has 0 spiro atoms. The average molecular weight is 687 g/mol. The molecule has 0 amide bonds.